The van der Waals surface area contributed by atoms with Gasteiger partial charge in [-0.2, -0.15) is 0 Å². The molecule has 0 unspecified atom stereocenters. The van der Waals surface area contributed by atoms with Crippen LogP contribution in [0.5, 0.6) is 0 Å². The summed E-state index contributed by atoms with van der Waals surface area (Å²) in [4.78, 5) is 11.1. The summed E-state index contributed by atoms with van der Waals surface area (Å²) in [7, 11) is 0. The summed E-state index contributed by atoms with van der Waals surface area (Å²) in [6.45, 7) is 0.673. The fourth-order valence-corrected chi connectivity index (χ4v) is 0.986. The lowest BCUT2D eigenvalue weighted by Crippen LogP contribution is -2.14. The Morgan fingerprint density at radius 1 is 1.29 bits per heavy atom. The highest BCUT2D eigenvalue weighted by molar-refractivity contribution is 5.85. The Labute approximate surface area is 89.7 Å². The van der Waals surface area contributed by atoms with E-state index in [-0.39, 0.29) is 18.4 Å². The predicted octanol–water partition coefficient (Wildman–Crippen LogP) is 1.15. The van der Waals surface area contributed by atoms with Crippen LogP contribution in [0.15, 0.2) is 30.3 Å². The van der Waals surface area contributed by atoms with E-state index in [1.165, 1.54) is 0 Å². The molecule has 0 spiro atoms. The Bertz CT molecular complexity index is 264. The van der Waals surface area contributed by atoms with Crippen LogP contribution in [0.2, 0.25) is 0 Å². The van der Waals surface area contributed by atoms with Gasteiger partial charge in [-0.25, -0.2) is 0 Å². The molecule has 0 aliphatic heterocycles. The zero-order chi connectivity index (χ0) is 9.52. The van der Waals surface area contributed by atoms with Crippen molar-refractivity contribution in [3.8, 4) is 0 Å². The Hall–Kier alpha value is -1.06. The topological polar surface area (TPSA) is 52.3 Å². The Morgan fingerprint density at radius 2 is 1.93 bits per heavy atom. The maximum Gasteiger partial charge on any atom is 0.310 e. The van der Waals surface area contributed by atoms with E-state index in [0.717, 1.165) is 5.56 Å². The highest BCUT2D eigenvalue weighted by Gasteiger charge is 2.02. The summed E-state index contributed by atoms with van der Waals surface area (Å²) in [6, 6.07) is 9.49. The summed E-state index contributed by atoms with van der Waals surface area (Å²) >= 11 is 0. The van der Waals surface area contributed by atoms with Gasteiger partial charge >= 0.3 is 5.97 Å². The van der Waals surface area contributed by atoms with E-state index in [4.69, 9.17) is 10.5 Å². The first kappa shape index (κ1) is 12.9. The fourth-order valence-electron chi connectivity index (χ4n) is 0.986. The van der Waals surface area contributed by atoms with Crippen LogP contribution in [0.3, 0.4) is 0 Å². The maximum atomic E-state index is 11.1. The van der Waals surface area contributed by atoms with Crippen LogP contribution in [-0.4, -0.2) is 19.1 Å². The molecule has 1 rings (SSSR count). The van der Waals surface area contributed by atoms with Crippen LogP contribution in [0.1, 0.15) is 5.56 Å². The number of benzene rings is 1. The van der Waals surface area contributed by atoms with E-state index in [2.05, 4.69) is 0 Å². The zero-order valence-corrected chi connectivity index (χ0v) is 8.63. The van der Waals surface area contributed by atoms with Crippen molar-refractivity contribution in [2.45, 2.75) is 6.42 Å². The molecule has 14 heavy (non-hydrogen) atoms. The summed E-state index contributed by atoms with van der Waals surface area (Å²) < 4.78 is 4.83. The molecule has 2 N–H and O–H groups in total. The third-order valence-corrected chi connectivity index (χ3v) is 1.57. The molecule has 4 heteroatoms. The van der Waals surface area contributed by atoms with E-state index >= 15 is 0 Å². The molecule has 0 saturated carbocycles. The molecule has 0 aliphatic carbocycles. The Morgan fingerprint density at radius 3 is 2.50 bits per heavy atom. The summed E-state index contributed by atoms with van der Waals surface area (Å²) in [5.41, 5.74) is 6.16. The highest BCUT2D eigenvalue weighted by atomic mass is 35.5. The smallest absolute Gasteiger partial charge is 0.310 e. The van der Waals surface area contributed by atoms with E-state index in [1.807, 2.05) is 30.3 Å². The van der Waals surface area contributed by atoms with Gasteiger partial charge in [0.2, 0.25) is 0 Å². The quantitative estimate of drug-likeness (QED) is 0.767. The van der Waals surface area contributed by atoms with Gasteiger partial charge in [-0.15, -0.1) is 12.4 Å². The number of rotatable bonds is 4. The number of hydrogen-bond acceptors (Lipinski definition) is 3. The van der Waals surface area contributed by atoms with Crippen molar-refractivity contribution in [1.82, 2.24) is 0 Å². The second kappa shape index (κ2) is 7.35. The number of carbonyl (C=O) groups excluding carboxylic acids is 1. The van der Waals surface area contributed by atoms with Gasteiger partial charge in [-0.05, 0) is 5.56 Å². The number of carbonyl (C=O) groups is 1. The normalized spacial score (nSPS) is 8.93. The van der Waals surface area contributed by atoms with Crippen molar-refractivity contribution in [2.24, 2.45) is 5.73 Å². The van der Waals surface area contributed by atoms with Crippen molar-refractivity contribution in [2.75, 3.05) is 13.2 Å². The van der Waals surface area contributed by atoms with Gasteiger partial charge in [0.25, 0.3) is 0 Å². The minimum Gasteiger partial charge on any atom is -0.464 e. The van der Waals surface area contributed by atoms with Crippen molar-refractivity contribution >= 4 is 18.4 Å². The lowest BCUT2D eigenvalue weighted by atomic mass is 10.2. The molecular formula is C10H14ClNO2. The monoisotopic (exact) mass is 215 g/mol. The van der Waals surface area contributed by atoms with E-state index < -0.39 is 0 Å². The van der Waals surface area contributed by atoms with E-state index in [9.17, 15) is 4.79 Å². The molecule has 0 saturated heterocycles. The molecule has 1 aromatic rings. The van der Waals surface area contributed by atoms with Gasteiger partial charge in [-0.3, -0.25) is 4.79 Å². The average Bonchev–Trinajstić information content (AvgIpc) is 2.16. The van der Waals surface area contributed by atoms with Gasteiger partial charge in [0, 0.05) is 6.54 Å². The van der Waals surface area contributed by atoms with Gasteiger partial charge in [0.05, 0.1) is 6.42 Å². The Kier molecular flexibility index (Phi) is 6.80. The van der Waals surface area contributed by atoms with Gasteiger partial charge in [0.1, 0.15) is 6.61 Å². The minimum atomic E-state index is -0.225. The standard InChI is InChI=1S/C10H13NO2.ClH/c11-6-7-13-10(12)8-9-4-2-1-3-5-9;/h1-5H,6-8,11H2;1H. The molecule has 0 amide bonds. The van der Waals surface area contributed by atoms with Gasteiger partial charge in [-0.1, -0.05) is 30.3 Å². The Balaban J connectivity index is 0.00000169. The predicted molar refractivity (Wildman–Crippen MR) is 57.4 cm³/mol. The minimum absolute atomic E-state index is 0. The van der Waals surface area contributed by atoms with Crippen molar-refractivity contribution < 1.29 is 9.53 Å². The summed E-state index contributed by atoms with van der Waals surface area (Å²) in [5.74, 6) is -0.225. The first-order valence-electron chi connectivity index (χ1n) is 4.22. The number of ether oxygens (including phenoxy) is 1. The van der Waals surface area contributed by atoms with Crippen molar-refractivity contribution in [3.63, 3.8) is 0 Å². The lowest BCUT2D eigenvalue weighted by Gasteiger charge is -2.02. The first-order valence-corrected chi connectivity index (χ1v) is 4.22. The molecule has 0 atom stereocenters. The molecule has 78 valence electrons. The molecule has 0 aromatic heterocycles. The molecule has 0 aliphatic rings. The molecule has 1 aromatic carbocycles. The molecule has 0 heterocycles. The third-order valence-electron chi connectivity index (χ3n) is 1.57. The van der Waals surface area contributed by atoms with Gasteiger partial charge < -0.3 is 10.5 Å². The lowest BCUT2D eigenvalue weighted by molar-refractivity contribution is -0.142. The number of hydrogen-bond donors (Lipinski definition) is 1. The molecule has 0 fully saturated rings. The van der Waals surface area contributed by atoms with Crippen LogP contribution in [0.25, 0.3) is 0 Å². The molecular weight excluding hydrogens is 202 g/mol. The zero-order valence-electron chi connectivity index (χ0n) is 7.81. The van der Waals surface area contributed by atoms with Crippen molar-refractivity contribution in [1.29, 1.82) is 0 Å². The largest absolute Gasteiger partial charge is 0.464 e. The highest BCUT2D eigenvalue weighted by Crippen LogP contribution is 2.00. The van der Waals surface area contributed by atoms with Crippen LogP contribution in [0, 0.1) is 0 Å². The molecule has 3 nitrogen and oxygen atoms in total. The first-order chi connectivity index (χ1) is 6.33. The average molecular weight is 216 g/mol. The van der Waals surface area contributed by atoms with Crippen LogP contribution >= 0.6 is 12.4 Å². The number of halogens is 1. The van der Waals surface area contributed by atoms with Gasteiger partial charge in [0.15, 0.2) is 0 Å². The van der Waals surface area contributed by atoms with Crippen LogP contribution in [-0.2, 0) is 16.0 Å². The maximum absolute atomic E-state index is 11.1. The number of esters is 1. The summed E-state index contributed by atoms with van der Waals surface area (Å²) in [5, 5.41) is 0. The second-order valence-corrected chi connectivity index (χ2v) is 2.67. The van der Waals surface area contributed by atoms with E-state index in [0.29, 0.717) is 19.6 Å². The molecule has 0 radical (unpaired) electrons. The van der Waals surface area contributed by atoms with Crippen LogP contribution < -0.4 is 5.73 Å². The SMILES string of the molecule is Cl.NCCOC(=O)Cc1ccccc1. The van der Waals surface area contributed by atoms with E-state index in [1.54, 1.807) is 0 Å². The van der Waals surface area contributed by atoms with Crippen LogP contribution in [0.4, 0.5) is 0 Å². The molecule has 0 bridgehead atoms. The third kappa shape index (κ3) is 4.84. The fraction of sp³-hybridized carbons (Fsp3) is 0.300. The van der Waals surface area contributed by atoms with Crippen molar-refractivity contribution in [3.05, 3.63) is 35.9 Å². The summed E-state index contributed by atoms with van der Waals surface area (Å²) in [6.07, 6.45) is 0.320. The second-order valence-electron chi connectivity index (χ2n) is 2.67. The number of nitrogens with two attached hydrogens (primary N) is 1.